The Bertz CT molecular complexity index is 1050. The fourth-order valence-electron chi connectivity index (χ4n) is 5.72. The van der Waals surface area contributed by atoms with Gasteiger partial charge in [-0.05, 0) is 47.7 Å². The summed E-state index contributed by atoms with van der Waals surface area (Å²) in [5, 5.41) is 9.20. The molecule has 206 valence electrons. The van der Waals surface area contributed by atoms with Crippen molar-refractivity contribution in [2.45, 2.75) is 31.8 Å². The number of β-amino-alcohol motifs (C(OH)–C–C–N with tert-alkyl or cyclic N) is 1. The van der Waals surface area contributed by atoms with Crippen LogP contribution in [0.25, 0.3) is 0 Å². The van der Waals surface area contributed by atoms with E-state index in [4.69, 9.17) is 14.2 Å². The minimum Gasteiger partial charge on any atom is -0.491 e. The number of carbonyl (C=O) groups excluding carboxylic acids is 1. The molecule has 0 aliphatic carbocycles. The normalized spacial score (nSPS) is 20.8. The van der Waals surface area contributed by atoms with Crippen LogP contribution >= 0.6 is 0 Å². The van der Waals surface area contributed by atoms with Crippen LogP contribution in [0.3, 0.4) is 0 Å². The van der Waals surface area contributed by atoms with Gasteiger partial charge in [0.2, 0.25) is 0 Å². The smallest absolute Gasteiger partial charge is 0.253 e. The molecule has 1 N–H and O–H groups in total. The van der Waals surface area contributed by atoms with Crippen molar-refractivity contribution in [2.24, 2.45) is 0 Å². The zero-order valence-electron chi connectivity index (χ0n) is 22.4. The molecule has 3 heterocycles. The van der Waals surface area contributed by atoms with Crippen LogP contribution in [-0.2, 0) is 22.4 Å². The molecule has 1 amide bonds. The minimum atomic E-state index is 0.0556. The summed E-state index contributed by atoms with van der Waals surface area (Å²) in [6, 6.07) is 15.1. The molecule has 0 spiro atoms. The van der Waals surface area contributed by atoms with E-state index in [1.165, 1.54) is 11.1 Å². The predicted octanol–water partition coefficient (Wildman–Crippen LogP) is 2.42. The number of benzene rings is 2. The van der Waals surface area contributed by atoms with Crippen molar-refractivity contribution in [1.82, 2.24) is 14.7 Å². The van der Waals surface area contributed by atoms with Crippen LogP contribution in [0.5, 0.6) is 5.75 Å². The Hall–Kier alpha value is -2.49. The largest absolute Gasteiger partial charge is 0.491 e. The molecule has 2 fully saturated rings. The molecule has 2 saturated heterocycles. The lowest BCUT2D eigenvalue weighted by molar-refractivity contribution is 0.0133. The lowest BCUT2D eigenvalue weighted by atomic mass is 9.99. The Morgan fingerprint density at radius 2 is 1.66 bits per heavy atom. The summed E-state index contributed by atoms with van der Waals surface area (Å²) in [5.74, 6) is 0.865. The first kappa shape index (κ1) is 27.1. The predicted molar refractivity (Wildman–Crippen MR) is 146 cm³/mol. The van der Waals surface area contributed by atoms with Crippen LogP contribution in [0.2, 0.25) is 0 Å². The number of piperazine rings is 1. The maximum absolute atomic E-state index is 13.4. The van der Waals surface area contributed by atoms with Crippen molar-refractivity contribution in [3.8, 4) is 5.75 Å². The van der Waals surface area contributed by atoms with E-state index in [1.807, 2.05) is 23.1 Å². The molecule has 3 aliphatic heterocycles. The van der Waals surface area contributed by atoms with Crippen LogP contribution in [0.15, 0.2) is 42.5 Å². The van der Waals surface area contributed by atoms with Crippen LogP contribution in [-0.4, -0.2) is 111 Å². The fraction of sp³-hybridized carbons (Fsp3) is 0.567. The van der Waals surface area contributed by atoms with Gasteiger partial charge in [-0.15, -0.1) is 0 Å². The second-order valence-electron chi connectivity index (χ2n) is 10.5. The number of hydrogen-bond acceptors (Lipinski definition) is 7. The van der Waals surface area contributed by atoms with Gasteiger partial charge in [-0.1, -0.05) is 24.3 Å². The molecule has 38 heavy (non-hydrogen) atoms. The van der Waals surface area contributed by atoms with Gasteiger partial charge in [0.1, 0.15) is 12.4 Å². The van der Waals surface area contributed by atoms with Crippen molar-refractivity contribution in [2.75, 3.05) is 78.9 Å². The number of rotatable bonds is 4. The van der Waals surface area contributed by atoms with Gasteiger partial charge in [0, 0.05) is 77.1 Å². The first-order valence-corrected chi connectivity index (χ1v) is 14.0. The van der Waals surface area contributed by atoms with Crippen molar-refractivity contribution in [3.63, 3.8) is 0 Å². The molecule has 0 unspecified atom stereocenters. The van der Waals surface area contributed by atoms with E-state index >= 15 is 0 Å². The maximum atomic E-state index is 13.4. The van der Waals surface area contributed by atoms with Crippen LogP contribution in [0, 0.1) is 0 Å². The van der Waals surface area contributed by atoms with Gasteiger partial charge in [0.25, 0.3) is 5.91 Å². The van der Waals surface area contributed by atoms with E-state index in [-0.39, 0.29) is 12.5 Å². The summed E-state index contributed by atoms with van der Waals surface area (Å²) in [6.07, 6.45) is 2.82. The Kier molecular flexibility index (Phi) is 9.65. The summed E-state index contributed by atoms with van der Waals surface area (Å²) in [7, 11) is 0. The summed E-state index contributed by atoms with van der Waals surface area (Å²) >= 11 is 0. The van der Waals surface area contributed by atoms with E-state index in [1.54, 1.807) is 0 Å². The molecule has 8 nitrogen and oxygen atoms in total. The third kappa shape index (κ3) is 7.12. The van der Waals surface area contributed by atoms with Crippen molar-refractivity contribution >= 4 is 5.91 Å². The summed E-state index contributed by atoms with van der Waals surface area (Å²) < 4.78 is 17.7. The zero-order valence-corrected chi connectivity index (χ0v) is 22.4. The van der Waals surface area contributed by atoms with Gasteiger partial charge in [-0.3, -0.25) is 14.6 Å². The van der Waals surface area contributed by atoms with Gasteiger partial charge < -0.3 is 24.2 Å². The van der Waals surface area contributed by atoms with E-state index in [0.29, 0.717) is 57.5 Å². The number of nitrogens with zero attached hydrogens (tertiary/aromatic N) is 3. The number of hydrogen-bond donors (Lipinski definition) is 1. The van der Waals surface area contributed by atoms with Gasteiger partial charge in [-0.2, -0.15) is 0 Å². The molecule has 0 atom stereocenters. The van der Waals surface area contributed by atoms with E-state index in [2.05, 4.69) is 34.1 Å². The molecule has 2 bridgehead atoms. The summed E-state index contributed by atoms with van der Waals surface area (Å²) in [5.41, 5.74) is 4.23. The molecule has 5 rings (SSSR count). The SMILES string of the molecule is O=C(c1ccc2c(c1)Cc1cccc(c1)CN(C1CCOCC1)CCOCCO2)N1CCN(CCO)CC1. The van der Waals surface area contributed by atoms with Crippen molar-refractivity contribution < 1.29 is 24.1 Å². The molecular formula is C30H41N3O5. The minimum absolute atomic E-state index is 0.0556. The molecule has 2 aromatic carbocycles. The van der Waals surface area contributed by atoms with E-state index in [0.717, 1.165) is 63.5 Å². The highest BCUT2D eigenvalue weighted by Crippen LogP contribution is 2.26. The Labute approximate surface area is 226 Å². The summed E-state index contributed by atoms with van der Waals surface area (Å²) in [6.45, 7) is 8.87. The number of carbonyl (C=O) groups is 1. The highest BCUT2D eigenvalue weighted by Gasteiger charge is 2.24. The zero-order chi connectivity index (χ0) is 26.2. The molecule has 0 aromatic heterocycles. The Morgan fingerprint density at radius 3 is 2.47 bits per heavy atom. The highest BCUT2D eigenvalue weighted by atomic mass is 16.5. The number of amides is 1. The van der Waals surface area contributed by atoms with Crippen molar-refractivity contribution in [1.29, 1.82) is 0 Å². The molecular weight excluding hydrogens is 482 g/mol. The molecule has 3 aliphatic rings. The second kappa shape index (κ2) is 13.5. The van der Waals surface area contributed by atoms with Crippen LogP contribution in [0.1, 0.15) is 39.9 Å². The first-order chi connectivity index (χ1) is 18.7. The average Bonchev–Trinajstić information content (AvgIpc) is 2.95. The third-order valence-corrected chi connectivity index (χ3v) is 7.87. The number of aliphatic hydroxyl groups is 1. The summed E-state index contributed by atoms with van der Waals surface area (Å²) in [4.78, 5) is 20.0. The fourth-order valence-corrected chi connectivity index (χ4v) is 5.72. The Balaban J connectivity index is 1.34. The quantitative estimate of drug-likeness (QED) is 0.660. The lowest BCUT2D eigenvalue weighted by Crippen LogP contribution is -2.49. The van der Waals surface area contributed by atoms with Crippen LogP contribution in [0.4, 0.5) is 0 Å². The average molecular weight is 524 g/mol. The van der Waals surface area contributed by atoms with E-state index < -0.39 is 0 Å². The second-order valence-corrected chi connectivity index (χ2v) is 10.5. The topological polar surface area (TPSA) is 74.7 Å². The molecule has 0 radical (unpaired) electrons. The van der Waals surface area contributed by atoms with Crippen molar-refractivity contribution in [3.05, 3.63) is 64.7 Å². The van der Waals surface area contributed by atoms with Gasteiger partial charge in [0.15, 0.2) is 0 Å². The van der Waals surface area contributed by atoms with Gasteiger partial charge in [-0.25, -0.2) is 0 Å². The number of aliphatic hydroxyl groups excluding tert-OH is 1. The standard InChI is InChI=1S/C30H41N3O5/c34-14-12-31-8-10-32(11-9-31)30(35)26-4-5-29-27(22-26)21-24-2-1-3-25(20-24)23-33(13-17-37-18-19-38-29)28-6-15-36-16-7-28/h1-5,20,22,28,34H,6-19,21,23H2. The highest BCUT2D eigenvalue weighted by molar-refractivity contribution is 5.94. The van der Waals surface area contributed by atoms with Crippen LogP contribution < -0.4 is 4.74 Å². The van der Waals surface area contributed by atoms with E-state index in [9.17, 15) is 9.90 Å². The molecule has 0 saturated carbocycles. The monoisotopic (exact) mass is 523 g/mol. The van der Waals surface area contributed by atoms with Gasteiger partial charge >= 0.3 is 0 Å². The molecule has 8 heteroatoms. The maximum Gasteiger partial charge on any atom is 0.253 e. The number of ether oxygens (including phenoxy) is 3. The first-order valence-electron chi connectivity index (χ1n) is 14.0. The lowest BCUT2D eigenvalue weighted by Gasteiger charge is -2.34. The molecule has 2 aromatic rings. The third-order valence-electron chi connectivity index (χ3n) is 7.87. The number of fused-ring (bicyclic) bond motifs is 3. The Morgan fingerprint density at radius 1 is 0.868 bits per heavy atom. The van der Waals surface area contributed by atoms with Gasteiger partial charge in [0.05, 0.1) is 19.8 Å².